The number of hydrogen-bond donors (Lipinski definition) is 1. The Morgan fingerprint density at radius 3 is 2.40 bits per heavy atom. The minimum absolute atomic E-state index is 0.0189. The van der Waals surface area contributed by atoms with Crippen LogP contribution in [0, 0.1) is 11.3 Å². The Kier molecular flexibility index (Phi) is 7.31. The molecule has 1 aliphatic rings. The van der Waals surface area contributed by atoms with Crippen molar-refractivity contribution in [2.75, 3.05) is 31.1 Å². The van der Waals surface area contributed by atoms with Crippen molar-refractivity contribution >= 4 is 29.1 Å². The molecule has 0 saturated carbocycles. The van der Waals surface area contributed by atoms with E-state index < -0.39 is 0 Å². The summed E-state index contributed by atoms with van der Waals surface area (Å²) >= 11 is 5.97. The molecule has 1 N–H and O–H groups in total. The van der Waals surface area contributed by atoms with Crippen molar-refractivity contribution in [1.29, 1.82) is 5.26 Å². The fourth-order valence-corrected chi connectivity index (χ4v) is 3.79. The highest BCUT2D eigenvalue weighted by Gasteiger charge is 2.23. The van der Waals surface area contributed by atoms with Crippen LogP contribution in [-0.2, 0) is 9.59 Å². The average Bonchev–Trinajstić information content (AvgIpc) is 3.00. The number of hydrogen-bond acceptors (Lipinski definition) is 4. The van der Waals surface area contributed by atoms with Gasteiger partial charge in [0.1, 0.15) is 0 Å². The third-order valence-corrected chi connectivity index (χ3v) is 5.49. The fourth-order valence-electron chi connectivity index (χ4n) is 3.67. The van der Waals surface area contributed by atoms with Crippen LogP contribution in [0.15, 0.2) is 48.5 Å². The maximum atomic E-state index is 13.0. The molecule has 156 valence electrons. The number of nitriles is 1. The third kappa shape index (κ3) is 5.74. The first-order valence-electron chi connectivity index (χ1n) is 10.0. The Morgan fingerprint density at radius 2 is 1.77 bits per heavy atom. The number of amides is 2. The van der Waals surface area contributed by atoms with Crippen LogP contribution in [0.3, 0.4) is 0 Å². The van der Waals surface area contributed by atoms with Gasteiger partial charge >= 0.3 is 0 Å². The van der Waals surface area contributed by atoms with Gasteiger partial charge in [0.15, 0.2) is 0 Å². The number of carbonyl (C=O) groups excluding carboxylic acids is 2. The quantitative estimate of drug-likeness (QED) is 0.796. The summed E-state index contributed by atoms with van der Waals surface area (Å²) in [6.45, 7) is 4.32. The molecule has 0 aliphatic carbocycles. The van der Waals surface area contributed by atoms with Gasteiger partial charge in [0.25, 0.3) is 0 Å². The molecular weight excluding hydrogens is 400 g/mol. The normalized spacial score (nSPS) is 15.1. The summed E-state index contributed by atoms with van der Waals surface area (Å²) in [5, 5.41) is 12.5. The molecular formula is C23H25ClN4O2. The van der Waals surface area contributed by atoms with E-state index in [1.165, 1.54) is 6.92 Å². The predicted octanol–water partition coefficient (Wildman–Crippen LogP) is 3.52. The van der Waals surface area contributed by atoms with Gasteiger partial charge in [0.05, 0.1) is 24.1 Å². The molecule has 3 rings (SSSR count). The lowest BCUT2D eigenvalue weighted by atomic mass is 10.0. The summed E-state index contributed by atoms with van der Waals surface area (Å²) in [6, 6.07) is 16.5. The lowest BCUT2D eigenvalue weighted by molar-refractivity contribution is -0.131. The van der Waals surface area contributed by atoms with Crippen molar-refractivity contribution in [1.82, 2.24) is 10.2 Å². The number of nitrogens with one attached hydrogen (secondary N) is 1. The van der Waals surface area contributed by atoms with Gasteiger partial charge < -0.3 is 15.1 Å². The molecule has 0 bridgehead atoms. The zero-order valence-corrected chi connectivity index (χ0v) is 17.7. The minimum Gasteiger partial charge on any atom is -0.370 e. The summed E-state index contributed by atoms with van der Waals surface area (Å²) in [5.41, 5.74) is 2.55. The van der Waals surface area contributed by atoms with Crippen LogP contribution in [-0.4, -0.2) is 42.9 Å². The Balaban J connectivity index is 1.64. The highest BCUT2D eigenvalue weighted by Crippen LogP contribution is 2.22. The van der Waals surface area contributed by atoms with Crippen LogP contribution in [0.4, 0.5) is 5.69 Å². The molecule has 6 nitrogen and oxygen atoms in total. The highest BCUT2D eigenvalue weighted by atomic mass is 35.5. The predicted molar refractivity (Wildman–Crippen MR) is 117 cm³/mol. The topological polar surface area (TPSA) is 76.4 Å². The lowest BCUT2D eigenvalue weighted by Gasteiger charge is -2.25. The number of nitrogens with zero attached hydrogens (tertiary/aromatic N) is 3. The summed E-state index contributed by atoms with van der Waals surface area (Å²) in [4.78, 5) is 28.8. The van der Waals surface area contributed by atoms with E-state index in [-0.39, 0.29) is 24.3 Å². The van der Waals surface area contributed by atoms with E-state index in [0.717, 1.165) is 30.8 Å². The molecule has 1 unspecified atom stereocenters. The first-order chi connectivity index (χ1) is 14.5. The second kappa shape index (κ2) is 10.1. The molecule has 30 heavy (non-hydrogen) atoms. The number of benzene rings is 2. The summed E-state index contributed by atoms with van der Waals surface area (Å²) in [5.74, 6) is -0.156. The smallest absolute Gasteiger partial charge is 0.225 e. The monoisotopic (exact) mass is 424 g/mol. The molecule has 1 atom stereocenters. The van der Waals surface area contributed by atoms with Gasteiger partial charge in [0, 0.05) is 43.8 Å². The van der Waals surface area contributed by atoms with Crippen LogP contribution >= 0.6 is 11.6 Å². The molecule has 7 heteroatoms. The standard InChI is InChI=1S/C23H25ClN4O2/c1-17(29)26-22(19-5-7-20(24)8-6-19)15-23(30)28-12-2-11-27(13-14-28)21-9-3-18(16-25)4-10-21/h3-10,22H,2,11-15H2,1H3,(H,26,29). The van der Waals surface area contributed by atoms with Crippen molar-refractivity contribution < 1.29 is 9.59 Å². The van der Waals surface area contributed by atoms with Gasteiger partial charge in [-0.05, 0) is 48.4 Å². The molecule has 1 fully saturated rings. The van der Waals surface area contributed by atoms with Crippen LogP contribution in [0.1, 0.15) is 36.9 Å². The number of anilines is 1. The van der Waals surface area contributed by atoms with Crippen molar-refractivity contribution in [3.8, 4) is 6.07 Å². The van der Waals surface area contributed by atoms with Crippen molar-refractivity contribution in [2.45, 2.75) is 25.8 Å². The first-order valence-corrected chi connectivity index (χ1v) is 10.4. The van der Waals surface area contributed by atoms with Gasteiger partial charge in [-0.1, -0.05) is 23.7 Å². The van der Waals surface area contributed by atoms with Crippen LogP contribution in [0.2, 0.25) is 5.02 Å². The van der Waals surface area contributed by atoms with Crippen molar-refractivity contribution in [3.05, 3.63) is 64.7 Å². The van der Waals surface area contributed by atoms with Gasteiger partial charge in [-0.3, -0.25) is 9.59 Å². The summed E-state index contributed by atoms with van der Waals surface area (Å²) < 4.78 is 0. The Morgan fingerprint density at radius 1 is 1.07 bits per heavy atom. The van der Waals surface area contributed by atoms with E-state index in [0.29, 0.717) is 23.7 Å². The Bertz CT molecular complexity index is 922. The maximum Gasteiger partial charge on any atom is 0.225 e. The molecule has 0 aromatic heterocycles. The SMILES string of the molecule is CC(=O)NC(CC(=O)N1CCCN(c2ccc(C#N)cc2)CC1)c1ccc(Cl)cc1. The van der Waals surface area contributed by atoms with Crippen molar-refractivity contribution in [3.63, 3.8) is 0 Å². The highest BCUT2D eigenvalue weighted by molar-refractivity contribution is 6.30. The molecule has 1 saturated heterocycles. The van der Waals surface area contributed by atoms with E-state index in [2.05, 4.69) is 16.3 Å². The molecule has 2 aromatic carbocycles. The lowest BCUT2D eigenvalue weighted by Crippen LogP contribution is -2.38. The van der Waals surface area contributed by atoms with Gasteiger partial charge in [-0.2, -0.15) is 5.26 Å². The van der Waals surface area contributed by atoms with Gasteiger partial charge in [-0.15, -0.1) is 0 Å². The number of halogens is 1. The minimum atomic E-state index is -0.384. The molecule has 0 radical (unpaired) electrons. The van der Waals surface area contributed by atoms with Gasteiger partial charge in [-0.25, -0.2) is 0 Å². The number of carbonyl (C=O) groups is 2. The zero-order chi connectivity index (χ0) is 21.5. The van der Waals surface area contributed by atoms with E-state index >= 15 is 0 Å². The fraction of sp³-hybridized carbons (Fsp3) is 0.348. The van der Waals surface area contributed by atoms with Crippen LogP contribution in [0.25, 0.3) is 0 Å². The molecule has 2 aromatic rings. The van der Waals surface area contributed by atoms with Crippen LogP contribution < -0.4 is 10.2 Å². The second-order valence-electron chi connectivity index (χ2n) is 7.39. The van der Waals surface area contributed by atoms with Gasteiger partial charge in [0.2, 0.25) is 11.8 Å². The second-order valence-corrected chi connectivity index (χ2v) is 7.83. The maximum absolute atomic E-state index is 13.0. The van der Waals surface area contributed by atoms with E-state index in [9.17, 15) is 9.59 Å². The molecule has 2 amide bonds. The molecule has 1 aliphatic heterocycles. The third-order valence-electron chi connectivity index (χ3n) is 5.24. The van der Waals surface area contributed by atoms with Crippen molar-refractivity contribution in [2.24, 2.45) is 0 Å². The summed E-state index contributed by atoms with van der Waals surface area (Å²) in [6.07, 6.45) is 1.07. The Hall–Kier alpha value is -3.04. The molecule has 1 heterocycles. The van der Waals surface area contributed by atoms with E-state index in [1.54, 1.807) is 12.1 Å². The summed E-state index contributed by atoms with van der Waals surface area (Å²) in [7, 11) is 0. The average molecular weight is 425 g/mol. The van der Waals surface area contributed by atoms with E-state index in [4.69, 9.17) is 16.9 Å². The van der Waals surface area contributed by atoms with Crippen LogP contribution in [0.5, 0.6) is 0 Å². The first kappa shape index (κ1) is 21.7. The Labute approximate surface area is 182 Å². The largest absolute Gasteiger partial charge is 0.370 e. The molecule has 0 spiro atoms. The number of rotatable bonds is 5. The zero-order valence-electron chi connectivity index (χ0n) is 17.0. The van der Waals surface area contributed by atoms with E-state index in [1.807, 2.05) is 41.3 Å².